The Balaban J connectivity index is 1.57. The zero-order chi connectivity index (χ0) is 15.4. The minimum Gasteiger partial charge on any atom is -0.486 e. The Bertz CT molecular complexity index is 651. The molecule has 114 valence electrons. The van der Waals surface area contributed by atoms with Gasteiger partial charge in [0.2, 0.25) is 0 Å². The Morgan fingerprint density at radius 1 is 1.18 bits per heavy atom. The zero-order valence-electron chi connectivity index (χ0n) is 12.5. The van der Waals surface area contributed by atoms with Crippen LogP contribution in [0.2, 0.25) is 0 Å². The fourth-order valence-corrected chi connectivity index (χ4v) is 2.30. The molecule has 0 saturated heterocycles. The molecule has 1 aliphatic rings. The second-order valence-corrected chi connectivity index (χ2v) is 5.27. The molecule has 1 aliphatic heterocycles. The fraction of sp³-hybridized carbons (Fsp3) is 0.278. The van der Waals surface area contributed by atoms with Crippen LogP contribution in [0.15, 0.2) is 48.5 Å². The monoisotopic (exact) mass is 298 g/mol. The number of hydrogen-bond acceptors (Lipinski definition) is 4. The number of hydrogen-bond donors (Lipinski definition) is 0. The van der Waals surface area contributed by atoms with Gasteiger partial charge in [0.05, 0.1) is 13.2 Å². The number of fused-ring (bicyclic) bond motifs is 1. The van der Waals surface area contributed by atoms with Crippen LogP contribution < -0.4 is 9.47 Å². The molecule has 3 rings (SSSR count). The molecule has 4 nitrogen and oxygen atoms in total. The molecule has 0 spiro atoms. The van der Waals surface area contributed by atoms with Crippen LogP contribution in [0, 0.1) is 0 Å². The number of ketones is 1. The maximum absolute atomic E-state index is 11.4. The van der Waals surface area contributed by atoms with Gasteiger partial charge in [-0.15, -0.1) is 0 Å². The first-order chi connectivity index (χ1) is 10.7. The van der Waals surface area contributed by atoms with Gasteiger partial charge >= 0.3 is 0 Å². The van der Waals surface area contributed by atoms with Gasteiger partial charge in [0.25, 0.3) is 0 Å². The second-order valence-electron chi connectivity index (χ2n) is 5.27. The number of Topliss-reactive ketones (excluding diaryl/α,β-unsaturated/α-hetero) is 1. The third-order valence-electron chi connectivity index (χ3n) is 3.48. The summed E-state index contributed by atoms with van der Waals surface area (Å²) in [6.07, 6.45) is -0.168. The lowest BCUT2D eigenvalue weighted by molar-refractivity contribution is 0.00268. The third kappa shape index (κ3) is 3.46. The zero-order valence-corrected chi connectivity index (χ0v) is 12.5. The standard InChI is InChI=1S/C18H18O4/c1-13(19)15-7-8-17-18(9-15)22-16(12-21-17)11-20-10-14-5-3-2-4-6-14/h2-9,16H,10-12H2,1H3. The first-order valence-electron chi connectivity index (χ1n) is 7.28. The van der Waals surface area contributed by atoms with E-state index in [1.807, 2.05) is 30.3 Å². The highest BCUT2D eigenvalue weighted by atomic mass is 16.6. The van der Waals surface area contributed by atoms with Crippen molar-refractivity contribution in [3.8, 4) is 11.5 Å². The third-order valence-corrected chi connectivity index (χ3v) is 3.48. The van der Waals surface area contributed by atoms with E-state index in [0.717, 1.165) is 5.56 Å². The highest BCUT2D eigenvalue weighted by Crippen LogP contribution is 2.32. The molecular weight excluding hydrogens is 280 g/mol. The lowest BCUT2D eigenvalue weighted by Gasteiger charge is -2.26. The molecular formula is C18H18O4. The van der Waals surface area contributed by atoms with E-state index in [1.54, 1.807) is 18.2 Å². The first kappa shape index (κ1) is 14.6. The van der Waals surface area contributed by atoms with Crippen molar-refractivity contribution in [3.05, 3.63) is 59.7 Å². The van der Waals surface area contributed by atoms with Gasteiger partial charge in [-0.25, -0.2) is 0 Å². The smallest absolute Gasteiger partial charge is 0.162 e. The molecule has 1 heterocycles. The second kappa shape index (κ2) is 6.62. The molecule has 0 amide bonds. The topological polar surface area (TPSA) is 44.8 Å². The van der Waals surface area contributed by atoms with E-state index in [1.165, 1.54) is 6.92 Å². The van der Waals surface area contributed by atoms with Crippen LogP contribution in [-0.4, -0.2) is 25.1 Å². The van der Waals surface area contributed by atoms with Crippen molar-refractivity contribution in [1.29, 1.82) is 0 Å². The van der Waals surface area contributed by atoms with Crippen LogP contribution in [0.4, 0.5) is 0 Å². The van der Waals surface area contributed by atoms with Gasteiger partial charge in [0, 0.05) is 5.56 Å². The summed E-state index contributed by atoms with van der Waals surface area (Å²) in [4.78, 5) is 11.4. The Morgan fingerprint density at radius 3 is 2.77 bits per heavy atom. The lowest BCUT2D eigenvalue weighted by atomic mass is 10.1. The SMILES string of the molecule is CC(=O)c1ccc2c(c1)OC(COCc1ccccc1)CO2. The average molecular weight is 298 g/mol. The molecule has 2 aromatic rings. The molecule has 0 aromatic heterocycles. The van der Waals surface area contributed by atoms with E-state index in [0.29, 0.717) is 36.9 Å². The summed E-state index contributed by atoms with van der Waals surface area (Å²) in [6.45, 7) is 2.97. The molecule has 1 unspecified atom stereocenters. The van der Waals surface area contributed by atoms with Gasteiger partial charge in [-0.2, -0.15) is 0 Å². The van der Waals surface area contributed by atoms with Crippen molar-refractivity contribution in [2.24, 2.45) is 0 Å². The van der Waals surface area contributed by atoms with E-state index in [9.17, 15) is 4.79 Å². The van der Waals surface area contributed by atoms with Crippen LogP contribution in [0.1, 0.15) is 22.8 Å². The molecule has 22 heavy (non-hydrogen) atoms. The summed E-state index contributed by atoms with van der Waals surface area (Å²) in [5.41, 5.74) is 1.74. The van der Waals surface area contributed by atoms with Gasteiger partial charge < -0.3 is 14.2 Å². The highest BCUT2D eigenvalue weighted by molar-refractivity contribution is 5.94. The maximum atomic E-state index is 11.4. The van der Waals surface area contributed by atoms with Crippen LogP contribution in [-0.2, 0) is 11.3 Å². The summed E-state index contributed by atoms with van der Waals surface area (Å²) in [5, 5.41) is 0. The largest absolute Gasteiger partial charge is 0.486 e. The van der Waals surface area contributed by atoms with Gasteiger partial charge in [-0.1, -0.05) is 30.3 Å². The summed E-state index contributed by atoms with van der Waals surface area (Å²) in [6, 6.07) is 15.2. The Hall–Kier alpha value is -2.33. The molecule has 0 fully saturated rings. The summed E-state index contributed by atoms with van der Waals surface area (Å²) in [7, 11) is 0. The fourth-order valence-electron chi connectivity index (χ4n) is 2.30. The van der Waals surface area contributed by atoms with Gasteiger partial charge in [0.15, 0.2) is 23.4 Å². The van der Waals surface area contributed by atoms with Crippen molar-refractivity contribution in [2.45, 2.75) is 19.6 Å². The van der Waals surface area contributed by atoms with E-state index in [4.69, 9.17) is 14.2 Å². The van der Waals surface area contributed by atoms with Crippen LogP contribution >= 0.6 is 0 Å². The van der Waals surface area contributed by atoms with Gasteiger partial charge in [0.1, 0.15) is 6.61 Å². The van der Waals surface area contributed by atoms with Crippen molar-refractivity contribution < 1.29 is 19.0 Å². The molecule has 0 radical (unpaired) electrons. The summed E-state index contributed by atoms with van der Waals surface area (Å²) < 4.78 is 17.2. The Morgan fingerprint density at radius 2 is 2.00 bits per heavy atom. The molecule has 0 bridgehead atoms. The quantitative estimate of drug-likeness (QED) is 0.795. The van der Waals surface area contributed by atoms with E-state index < -0.39 is 0 Å². The molecule has 2 aromatic carbocycles. The predicted octanol–water partition coefficient (Wildman–Crippen LogP) is 3.25. The number of carbonyl (C=O) groups excluding carboxylic acids is 1. The van der Waals surface area contributed by atoms with Crippen molar-refractivity contribution in [2.75, 3.05) is 13.2 Å². The molecule has 1 atom stereocenters. The van der Waals surface area contributed by atoms with Gasteiger partial charge in [-0.05, 0) is 30.7 Å². The summed E-state index contributed by atoms with van der Waals surface area (Å²) in [5.74, 6) is 1.28. The highest BCUT2D eigenvalue weighted by Gasteiger charge is 2.22. The van der Waals surface area contributed by atoms with Crippen LogP contribution in [0.25, 0.3) is 0 Å². The molecule has 0 saturated carbocycles. The van der Waals surface area contributed by atoms with E-state index >= 15 is 0 Å². The molecule has 0 N–H and O–H groups in total. The number of benzene rings is 2. The minimum atomic E-state index is -0.168. The lowest BCUT2D eigenvalue weighted by Crippen LogP contribution is -2.33. The van der Waals surface area contributed by atoms with E-state index in [-0.39, 0.29) is 11.9 Å². The van der Waals surface area contributed by atoms with Crippen molar-refractivity contribution in [1.82, 2.24) is 0 Å². The predicted molar refractivity (Wildman–Crippen MR) is 82.5 cm³/mol. The number of rotatable bonds is 5. The Labute approximate surface area is 129 Å². The molecule has 0 aliphatic carbocycles. The van der Waals surface area contributed by atoms with E-state index in [2.05, 4.69) is 0 Å². The minimum absolute atomic E-state index is 0.00820. The van der Waals surface area contributed by atoms with Crippen molar-refractivity contribution in [3.63, 3.8) is 0 Å². The average Bonchev–Trinajstić information content (AvgIpc) is 2.55. The molecule has 4 heteroatoms. The van der Waals surface area contributed by atoms with Crippen LogP contribution in [0.3, 0.4) is 0 Å². The number of ether oxygens (including phenoxy) is 3. The van der Waals surface area contributed by atoms with Crippen molar-refractivity contribution >= 4 is 5.78 Å². The normalized spacial score (nSPS) is 16.3. The maximum Gasteiger partial charge on any atom is 0.162 e. The van der Waals surface area contributed by atoms with Crippen LogP contribution in [0.5, 0.6) is 11.5 Å². The Kier molecular flexibility index (Phi) is 4.39. The first-order valence-corrected chi connectivity index (χ1v) is 7.28. The van der Waals surface area contributed by atoms with Gasteiger partial charge in [-0.3, -0.25) is 4.79 Å². The number of carbonyl (C=O) groups is 1. The summed E-state index contributed by atoms with van der Waals surface area (Å²) >= 11 is 0.